The Kier molecular flexibility index (Phi) is 6.96. The van der Waals surface area contributed by atoms with Gasteiger partial charge in [0.2, 0.25) is 5.91 Å². The van der Waals surface area contributed by atoms with E-state index in [4.69, 9.17) is 4.74 Å². The van der Waals surface area contributed by atoms with E-state index in [1.54, 1.807) is 55.5 Å². The zero-order valence-electron chi connectivity index (χ0n) is 17.2. The quantitative estimate of drug-likeness (QED) is 0.411. The normalized spacial score (nSPS) is 10.8. The van der Waals surface area contributed by atoms with Gasteiger partial charge in [0.15, 0.2) is 5.78 Å². The zero-order chi connectivity index (χ0) is 22.2. The number of carbonyl (C=O) groups is 3. The van der Waals surface area contributed by atoms with Crippen LogP contribution in [0, 0.1) is 0 Å². The third-order valence-electron chi connectivity index (χ3n) is 4.36. The summed E-state index contributed by atoms with van der Waals surface area (Å²) in [7, 11) is 0. The average Bonchev–Trinajstić information content (AvgIpc) is 2.76. The van der Waals surface area contributed by atoms with Gasteiger partial charge in [0, 0.05) is 28.6 Å². The molecule has 2 N–H and O–H groups in total. The molecular weight excluding hydrogens is 392 g/mol. The number of hydrogen-bond donors (Lipinski definition) is 2. The van der Waals surface area contributed by atoms with Crippen LogP contribution in [0.1, 0.15) is 24.2 Å². The first kappa shape index (κ1) is 21.5. The van der Waals surface area contributed by atoms with Crippen molar-refractivity contribution < 1.29 is 19.1 Å². The van der Waals surface area contributed by atoms with Gasteiger partial charge in [-0.2, -0.15) is 0 Å². The minimum absolute atomic E-state index is 0.0510. The Labute approximate surface area is 180 Å². The van der Waals surface area contributed by atoms with Crippen molar-refractivity contribution in [2.45, 2.75) is 13.8 Å². The van der Waals surface area contributed by atoms with Gasteiger partial charge in [0.1, 0.15) is 11.5 Å². The first-order chi connectivity index (χ1) is 14.9. The van der Waals surface area contributed by atoms with E-state index in [0.717, 1.165) is 5.75 Å². The molecule has 0 aliphatic carbocycles. The Morgan fingerprint density at radius 1 is 0.710 bits per heavy atom. The molecule has 0 fully saturated rings. The molecule has 31 heavy (non-hydrogen) atoms. The van der Waals surface area contributed by atoms with Gasteiger partial charge < -0.3 is 15.4 Å². The third kappa shape index (κ3) is 6.40. The summed E-state index contributed by atoms with van der Waals surface area (Å²) >= 11 is 0. The molecule has 0 bridgehead atoms. The van der Waals surface area contributed by atoms with E-state index < -0.39 is 5.91 Å². The molecule has 0 aromatic heterocycles. The van der Waals surface area contributed by atoms with Crippen LogP contribution in [0.15, 0.2) is 90.5 Å². The van der Waals surface area contributed by atoms with Crippen molar-refractivity contribution in [3.8, 4) is 11.5 Å². The maximum Gasteiger partial charge on any atom is 0.251 e. The van der Waals surface area contributed by atoms with Crippen LogP contribution < -0.4 is 15.4 Å². The Bertz CT molecular complexity index is 1100. The molecule has 0 radical (unpaired) electrons. The van der Waals surface area contributed by atoms with Crippen LogP contribution in [0.5, 0.6) is 11.5 Å². The van der Waals surface area contributed by atoms with Gasteiger partial charge in [-0.3, -0.25) is 14.4 Å². The molecule has 156 valence electrons. The summed E-state index contributed by atoms with van der Waals surface area (Å²) in [6.45, 7) is 3.03. The number of para-hydroxylation sites is 1. The van der Waals surface area contributed by atoms with Gasteiger partial charge in [-0.05, 0) is 74.5 Å². The van der Waals surface area contributed by atoms with Gasteiger partial charge in [0.05, 0.1) is 0 Å². The summed E-state index contributed by atoms with van der Waals surface area (Å²) in [4.78, 5) is 35.8. The third-order valence-corrected chi connectivity index (χ3v) is 4.36. The van der Waals surface area contributed by atoms with Crippen LogP contribution >= 0.6 is 0 Å². The van der Waals surface area contributed by atoms with E-state index in [2.05, 4.69) is 10.6 Å². The Morgan fingerprint density at radius 2 is 1.26 bits per heavy atom. The smallest absolute Gasteiger partial charge is 0.251 e. The number of ketones is 1. The van der Waals surface area contributed by atoms with Crippen molar-refractivity contribution in [2.24, 2.45) is 0 Å². The van der Waals surface area contributed by atoms with Crippen LogP contribution in [-0.4, -0.2) is 17.6 Å². The Hall–Kier alpha value is -4.19. The first-order valence-corrected chi connectivity index (χ1v) is 9.65. The molecule has 3 aromatic rings. The van der Waals surface area contributed by atoms with Crippen molar-refractivity contribution in [1.29, 1.82) is 0 Å². The topological polar surface area (TPSA) is 84.5 Å². The highest BCUT2D eigenvalue weighted by molar-refractivity contribution is 6.10. The summed E-state index contributed by atoms with van der Waals surface area (Å²) in [5.41, 5.74) is 1.93. The highest BCUT2D eigenvalue weighted by Crippen LogP contribution is 2.22. The average molecular weight is 414 g/mol. The number of anilines is 2. The SMILES string of the molecule is CC(=O)c1ccc(NC(=O)/C=C(/C)C(=O)Nc2ccc(Oc3ccccc3)cc2)cc1. The lowest BCUT2D eigenvalue weighted by Gasteiger charge is -2.08. The summed E-state index contributed by atoms with van der Waals surface area (Å²) in [6, 6.07) is 22.9. The molecule has 0 aliphatic rings. The number of carbonyl (C=O) groups excluding carboxylic acids is 3. The molecule has 2 amide bonds. The molecule has 3 aromatic carbocycles. The number of hydrogen-bond acceptors (Lipinski definition) is 4. The maximum atomic E-state index is 12.4. The molecule has 0 heterocycles. The first-order valence-electron chi connectivity index (χ1n) is 9.65. The van der Waals surface area contributed by atoms with Gasteiger partial charge in [-0.1, -0.05) is 18.2 Å². The largest absolute Gasteiger partial charge is 0.457 e. The lowest BCUT2D eigenvalue weighted by atomic mass is 10.1. The van der Waals surface area contributed by atoms with Gasteiger partial charge in [-0.15, -0.1) is 0 Å². The number of amides is 2. The zero-order valence-corrected chi connectivity index (χ0v) is 17.2. The van der Waals surface area contributed by atoms with Crippen LogP contribution in [0.25, 0.3) is 0 Å². The van der Waals surface area contributed by atoms with Crippen molar-refractivity contribution in [3.05, 3.63) is 96.1 Å². The molecule has 0 atom stereocenters. The highest BCUT2D eigenvalue weighted by Gasteiger charge is 2.08. The van der Waals surface area contributed by atoms with Crippen LogP contribution in [0.4, 0.5) is 11.4 Å². The lowest BCUT2D eigenvalue weighted by molar-refractivity contribution is -0.114. The van der Waals surface area contributed by atoms with Crippen LogP contribution in [0.2, 0.25) is 0 Å². The summed E-state index contributed by atoms with van der Waals surface area (Å²) in [5.74, 6) is 0.491. The number of rotatable bonds is 7. The lowest BCUT2D eigenvalue weighted by Crippen LogP contribution is -2.16. The van der Waals surface area contributed by atoms with E-state index in [9.17, 15) is 14.4 Å². The van der Waals surface area contributed by atoms with E-state index in [1.807, 2.05) is 30.3 Å². The predicted molar refractivity (Wildman–Crippen MR) is 120 cm³/mol. The second-order valence-corrected chi connectivity index (χ2v) is 6.84. The highest BCUT2D eigenvalue weighted by atomic mass is 16.5. The van der Waals surface area contributed by atoms with Crippen LogP contribution in [-0.2, 0) is 9.59 Å². The molecule has 0 spiro atoms. The molecule has 3 rings (SSSR count). The van der Waals surface area contributed by atoms with Gasteiger partial charge >= 0.3 is 0 Å². The van der Waals surface area contributed by atoms with E-state index >= 15 is 0 Å². The van der Waals surface area contributed by atoms with Gasteiger partial charge in [0.25, 0.3) is 5.91 Å². The predicted octanol–water partition coefficient (Wildman–Crippen LogP) is 5.21. The van der Waals surface area contributed by atoms with E-state index in [1.165, 1.54) is 13.0 Å². The number of benzene rings is 3. The van der Waals surface area contributed by atoms with Crippen molar-refractivity contribution in [3.63, 3.8) is 0 Å². The number of nitrogens with one attached hydrogen (secondary N) is 2. The monoisotopic (exact) mass is 414 g/mol. The van der Waals surface area contributed by atoms with Gasteiger partial charge in [-0.25, -0.2) is 0 Å². The molecule has 6 heteroatoms. The minimum atomic E-state index is -0.435. The fourth-order valence-electron chi connectivity index (χ4n) is 2.69. The second-order valence-electron chi connectivity index (χ2n) is 6.84. The molecule has 0 unspecified atom stereocenters. The Balaban J connectivity index is 1.55. The molecule has 0 saturated heterocycles. The molecule has 0 saturated carbocycles. The summed E-state index contributed by atoms with van der Waals surface area (Å²) in [5, 5.41) is 5.41. The molecular formula is C25H22N2O4. The fraction of sp³-hybridized carbons (Fsp3) is 0.0800. The summed E-state index contributed by atoms with van der Waals surface area (Å²) < 4.78 is 5.72. The fourth-order valence-corrected chi connectivity index (χ4v) is 2.69. The van der Waals surface area contributed by atoms with Crippen molar-refractivity contribution in [2.75, 3.05) is 10.6 Å². The number of Topliss-reactive ketones (excluding diaryl/α,β-unsaturated/α-hetero) is 1. The minimum Gasteiger partial charge on any atom is -0.457 e. The van der Waals surface area contributed by atoms with E-state index in [-0.39, 0.29) is 17.3 Å². The van der Waals surface area contributed by atoms with Crippen LogP contribution in [0.3, 0.4) is 0 Å². The standard InChI is InChI=1S/C25H22N2O4/c1-17(16-24(29)26-20-10-8-19(9-11-20)18(2)28)25(30)27-21-12-14-23(15-13-21)31-22-6-4-3-5-7-22/h3-16H,1-2H3,(H,26,29)(H,27,30)/b17-16-. The number of ether oxygens (including phenoxy) is 1. The summed E-state index contributed by atoms with van der Waals surface area (Å²) in [6.07, 6.45) is 1.22. The Morgan fingerprint density at radius 3 is 1.87 bits per heavy atom. The second kappa shape index (κ2) is 10.0. The molecule has 0 aliphatic heterocycles. The van der Waals surface area contributed by atoms with E-state index in [0.29, 0.717) is 22.7 Å². The van der Waals surface area contributed by atoms with Crippen molar-refractivity contribution in [1.82, 2.24) is 0 Å². The maximum absolute atomic E-state index is 12.4. The molecule has 6 nitrogen and oxygen atoms in total. The van der Waals surface area contributed by atoms with Crippen molar-refractivity contribution >= 4 is 29.0 Å².